The maximum Gasteiger partial charge on any atom is 0.262 e. The van der Waals surface area contributed by atoms with Crippen molar-refractivity contribution >= 4 is 22.7 Å². The number of aryl methyl sites for hydroxylation is 1. The van der Waals surface area contributed by atoms with E-state index in [4.69, 9.17) is 14.5 Å². The van der Waals surface area contributed by atoms with Gasteiger partial charge in [0.25, 0.3) is 5.56 Å². The summed E-state index contributed by atoms with van der Waals surface area (Å²) < 4.78 is 13.4. The molecule has 1 aromatic heterocycles. The monoisotopic (exact) mass is 410 g/mol. The highest BCUT2D eigenvalue weighted by molar-refractivity contribution is 7.99. The van der Waals surface area contributed by atoms with Crippen LogP contribution in [0.1, 0.15) is 24.8 Å². The molecule has 0 unspecified atom stereocenters. The molecule has 1 atom stereocenters. The molecule has 5 nitrogen and oxygen atoms in total. The highest BCUT2D eigenvalue weighted by Crippen LogP contribution is 2.22. The van der Waals surface area contributed by atoms with E-state index in [0.717, 1.165) is 48.0 Å². The largest absolute Gasteiger partial charge is 0.494 e. The lowest BCUT2D eigenvalue weighted by Gasteiger charge is -2.16. The van der Waals surface area contributed by atoms with Crippen molar-refractivity contribution in [1.29, 1.82) is 0 Å². The van der Waals surface area contributed by atoms with Gasteiger partial charge in [-0.05, 0) is 56.0 Å². The molecule has 0 N–H and O–H groups in total. The van der Waals surface area contributed by atoms with Gasteiger partial charge < -0.3 is 9.47 Å². The third-order valence-electron chi connectivity index (χ3n) is 5.01. The summed E-state index contributed by atoms with van der Waals surface area (Å²) in [5.41, 5.74) is 1.96. The number of para-hydroxylation sites is 1. The van der Waals surface area contributed by atoms with Crippen molar-refractivity contribution < 1.29 is 9.47 Å². The predicted molar refractivity (Wildman–Crippen MR) is 117 cm³/mol. The summed E-state index contributed by atoms with van der Waals surface area (Å²) in [5, 5.41) is 1.43. The van der Waals surface area contributed by atoms with Gasteiger partial charge in [-0.25, -0.2) is 4.98 Å². The lowest BCUT2D eigenvalue weighted by Crippen LogP contribution is -2.28. The van der Waals surface area contributed by atoms with Crippen molar-refractivity contribution in [2.75, 3.05) is 19.0 Å². The summed E-state index contributed by atoms with van der Waals surface area (Å²) in [4.78, 5) is 17.8. The summed E-state index contributed by atoms with van der Waals surface area (Å²) in [5.74, 6) is 1.73. The number of ether oxygens (including phenoxy) is 2. The van der Waals surface area contributed by atoms with Crippen LogP contribution in [-0.2, 0) is 11.3 Å². The Morgan fingerprint density at radius 1 is 1.24 bits per heavy atom. The normalized spacial score (nSPS) is 16.4. The first-order valence-corrected chi connectivity index (χ1v) is 11.1. The number of hydrogen-bond donors (Lipinski definition) is 0. The van der Waals surface area contributed by atoms with Gasteiger partial charge in [0.2, 0.25) is 0 Å². The van der Waals surface area contributed by atoms with Crippen LogP contribution in [0.15, 0.2) is 58.5 Å². The van der Waals surface area contributed by atoms with Gasteiger partial charge in [0.15, 0.2) is 5.16 Å². The number of thioether (sulfide) groups is 1. The Kier molecular flexibility index (Phi) is 6.52. The Balaban J connectivity index is 1.44. The van der Waals surface area contributed by atoms with Crippen molar-refractivity contribution in [1.82, 2.24) is 9.55 Å². The number of fused-ring (bicyclic) bond motifs is 1. The van der Waals surface area contributed by atoms with Crippen molar-refractivity contribution in [3.05, 3.63) is 64.4 Å². The summed E-state index contributed by atoms with van der Waals surface area (Å²) in [7, 11) is 0. The second-order valence-electron chi connectivity index (χ2n) is 7.33. The third kappa shape index (κ3) is 5.00. The van der Waals surface area contributed by atoms with E-state index in [1.54, 1.807) is 16.3 Å². The van der Waals surface area contributed by atoms with E-state index >= 15 is 0 Å². The molecule has 1 aliphatic rings. The van der Waals surface area contributed by atoms with Crippen LogP contribution >= 0.6 is 11.8 Å². The molecule has 1 saturated heterocycles. The van der Waals surface area contributed by atoms with Crippen molar-refractivity contribution in [3.63, 3.8) is 0 Å². The molecule has 29 heavy (non-hydrogen) atoms. The van der Waals surface area contributed by atoms with Gasteiger partial charge in [-0.1, -0.05) is 36.0 Å². The highest BCUT2D eigenvalue weighted by atomic mass is 32.2. The molecule has 4 rings (SSSR count). The second-order valence-corrected chi connectivity index (χ2v) is 8.39. The van der Waals surface area contributed by atoms with Gasteiger partial charge in [-0.3, -0.25) is 9.36 Å². The van der Waals surface area contributed by atoms with E-state index in [9.17, 15) is 4.79 Å². The average Bonchev–Trinajstić information content (AvgIpc) is 3.24. The van der Waals surface area contributed by atoms with Gasteiger partial charge in [-0.2, -0.15) is 0 Å². The zero-order valence-electron chi connectivity index (χ0n) is 16.7. The summed E-state index contributed by atoms with van der Waals surface area (Å²) >= 11 is 1.61. The highest BCUT2D eigenvalue weighted by Gasteiger charge is 2.20. The molecule has 0 aliphatic carbocycles. The van der Waals surface area contributed by atoms with E-state index in [1.165, 1.54) is 5.56 Å². The number of nitrogens with zero attached hydrogens (tertiary/aromatic N) is 2. The fourth-order valence-corrected chi connectivity index (χ4v) is 4.45. The first-order chi connectivity index (χ1) is 14.2. The first kappa shape index (κ1) is 20.0. The molecule has 0 spiro atoms. The molecular formula is C23H26N2O3S. The molecule has 2 heterocycles. The van der Waals surface area contributed by atoms with Crippen LogP contribution < -0.4 is 10.3 Å². The van der Waals surface area contributed by atoms with Gasteiger partial charge in [-0.15, -0.1) is 0 Å². The molecule has 1 aliphatic heterocycles. The second kappa shape index (κ2) is 9.46. The summed E-state index contributed by atoms with van der Waals surface area (Å²) in [6.45, 7) is 4.04. The van der Waals surface area contributed by atoms with Crippen LogP contribution in [0.2, 0.25) is 0 Å². The van der Waals surface area contributed by atoms with Gasteiger partial charge in [0, 0.05) is 12.4 Å². The molecule has 3 aromatic rings. The number of benzene rings is 2. The number of hydrogen-bond acceptors (Lipinski definition) is 5. The van der Waals surface area contributed by atoms with Crippen molar-refractivity contribution in [2.45, 2.75) is 44.0 Å². The molecule has 6 heteroatoms. The van der Waals surface area contributed by atoms with Crippen molar-refractivity contribution in [2.24, 2.45) is 0 Å². The smallest absolute Gasteiger partial charge is 0.262 e. The zero-order chi connectivity index (χ0) is 20.1. The Morgan fingerprint density at radius 2 is 2.14 bits per heavy atom. The fourth-order valence-electron chi connectivity index (χ4n) is 3.53. The van der Waals surface area contributed by atoms with Crippen LogP contribution in [0.4, 0.5) is 0 Å². The minimum Gasteiger partial charge on any atom is -0.494 e. The minimum atomic E-state index is 0.0182. The fraction of sp³-hybridized carbons (Fsp3) is 0.391. The molecule has 1 fully saturated rings. The summed E-state index contributed by atoms with van der Waals surface area (Å²) in [6.07, 6.45) is 3.02. The van der Waals surface area contributed by atoms with E-state index in [0.29, 0.717) is 18.5 Å². The predicted octanol–water partition coefficient (Wildman–Crippen LogP) is 4.45. The van der Waals surface area contributed by atoms with Crippen LogP contribution in [-0.4, -0.2) is 34.6 Å². The zero-order valence-corrected chi connectivity index (χ0v) is 17.5. The molecule has 152 valence electrons. The maximum absolute atomic E-state index is 13.1. The van der Waals surface area contributed by atoms with E-state index < -0.39 is 0 Å². The van der Waals surface area contributed by atoms with Crippen LogP contribution in [0, 0.1) is 6.92 Å². The Labute approximate surface area is 175 Å². The van der Waals surface area contributed by atoms with Gasteiger partial charge >= 0.3 is 0 Å². The summed E-state index contributed by atoms with van der Waals surface area (Å²) in [6, 6.07) is 15.6. The SMILES string of the molecule is Cc1cccc(OCCCSc2nc3ccccc3c(=O)n2C[C@@H]2CCCO2)c1. The third-order valence-corrected chi connectivity index (χ3v) is 6.08. The standard InChI is InChI=1S/C23H26N2O3S/c1-17-7-4-8-18(15-17)27-13-6-14-29-23-24-21-11-3-2-10-20(21)22(26)25(23)16-19-9-5-12-28-19/h2-4,7-8,10-11,15,19H,5-6,9,12-14,16H2,1H3/t19-/m0/s1. The average molecular weight is 411 g/mol. The number of rotatable bonds is 8. The van der Waals surface area contributed by atoms with E-state index in [-0.39, 0.29) is 11.7 Å². The molecular weight excluding hydrogens is 384 g/mol. The lowest BCUT2D eigenvalue weighted by atomic mass is 10.2. The molecule has 0 amide bonds. The quantitative estimate of drug-likeness (QED) is 0.312. The Hall–Kier alpha value is -2.31. The van der Waals surface area contributed by atoms with Crippen molar-refractivity contribution in [3.8, 4) is 5.75 Å². The molecule has 2 aromatic carbocycles. The number of aromatic nitrogens is 2. The maximum atomic E-state index is 13.1. The van der Waals surface area contributed by atoms with Gasteiger partial charge in [0.05, 0.1) is 30.2 Å². The first-order valence-electron chi connectivity index (χ1n) is 10.1. The van der Waals surface area contributed by atoms with Gasteiger partial charge in [0.1, 0.15) is 5.75 Å². The lowest BCUT2D eigenvalue weighted by molar-refractivity contribution is 0.0937. The molecule has 0 bridgehead atoms. The minimum absolute atomic E-state index is 0.0182. The topological polar surface area (TPSA) is 53.3 Å². The van der Waals surface area contributed by atoms with E-state index in [2.05, 4.69) is 13.0 Å². The van der Waals surface area contributed by atoms with Crippen LogP contribution in [0.3, 0.4) is 0 Å². The molecule has 0 saturated carbocycles. The Bertz CT molecular complexity index is 1030. The van der Waals surface area contributed by atoms with E-state index in [1.807, 2.05) is 42.5 Å². The Morgan fingerprint density at radius 3 is 2.97 bits per heavy atom. The molecule has 0 radical (unpaired) electrons. The van der Waals surface area contributed by atoms with Crippen LogP contribution in [0.5, 0.6) is 5.75 Å². The van der Waals surface area contributed by atoms with Crippen LogP contribution in [0.25, 0.3) is 10.9 Å².